The molecule has 6 heteroatoms. The van der Waals surface area contributed by atoms with Crippen LogP contribution in [0.2, 0.25) is 4.34 Å². The summed E-state index contributed by atoms with van der Waals surface area (Å²) >= 11 is 7.51. The van der Waals surface area contributed by atoms with Crippen LogP contribution in [-0.4, -0.2) is 24.3 Å². The van der Waals surface area contributed by atoms with E-state index in [1.54, 1.807) is 11.3 Å². The van der Waals surface area contributed by atoms with Crippen molar-refractivity contribution >= 4 is 29.0 Å². The van der Waals surface area contributed by atoms with Gasteiger partial charge in [0.15, 0.2) is 0 Å². The van der Waals surface area contributed by atoms with Gasteiger partial charge in [0.1, 0.15) is 5.60 Å². The summed E-state index contributed by atoms with van der Waals surface area (Å²) in [5.74, 6) is 0. The van der Waals surface area contributed by atoms with Crippen LogP contribution in [0.5, 0.6) is 0 Å². The monoisotopic (exact) mass is 332 g/mol. The van der Waals surface area contributed by atoms with Crippen LogP contribution < -0.4 is 10.6 Å². The number of ether oxygens (including phenoxy) is 1. The summed E-state index contributed by atoms with van der Waals surface area (Å²) in [5.41, 5.74) is -0.475. The number of rotatable bonds is 6. The molecule has 1 aromatic heterocycles. The van der Waals surface area contributed by atoms with Crippen LogP contribution in [0.25, 0.3) is 0 Å². The number of carbonyl (C=O) groups is 1. The maximum Gasteiger partial charge on any atom is 0.407 e. The fraction of sp³-hybridized carbons (Fsp3) is 0.667. The Balaban J connectivity index is 2.42. The van der Waals surface area contributed by atoms with Gasteiger partial charge in [0.25, 0.3) is 0 Å². The van der Waals surface area contributed by atoms with Crippen LogP contribution in [0.15, 0.2) is 12.1 Å². The molecule has 0 aliphatic rings. The van der Waals surface area contributed by atoms with Crippen molar-refractivity contribution in [3.8, 4) is 0 Å². The van der Waals surface area contributed by atoms with Crippen molar-refractivity contribution in [2.45, 2.75) is 58.7 Å². The molecule has 21 heavy (non-hydrogen) atoms. The average Bonchev–Trinajstić information content (AvgIpc) is 2.78. The first-order valence-corrected chi connectivity index (χ1v) is 8.39. The van der Waals surface area contributed by atoms with Crippen molar-refractivity contribution in [3.63, 3.8) is 0 Å². The predicted octanol–water partition coefficient (Wildman–Crippen LogP) is 4.36. The van der Waals surface area contributed by atoms with E-state index in [1.165, 1.54) is 4.88 Å². The highest BCUT2D eigenvalue weighted by molar-refractivity contribution is 7.16. The lowest BCUT2D eigenvalue weighted by Gasteiger charge is -2.24. The SMILES string of the molecule is CCC(CNC(C)c1ccc(Cl)s1)NC(=O)OC(C)(C)C. The van der Waals surface area contributed by atoms with Crippen LogP contribution in [0, 0.1) is 0 Å². The summed E-state index contributed by atoms with van der Waals surface area (Å²) in [5, 5.41) is 6.30. The molecule has 0 bridgehead atoms. The van der Waals surface area contributed by atoms with Crippen LogP contribution in [-0.2, 0) is 4.74 Å². The normalized spacial score (nSPS) is 14.6. The summed E-state index contributed by atoms with van der Waals surface area (Å²) in [7, 11) is 0. The van der Waals surface area contributed by atoms with Gasteiger partial charge >= 0.3 is 6.09 Å². The van der Waals surface area contributed by atoms with Crippen LogP contribution >= 0.6 is 22.9 Å². The number of hydrogen-bond acceptors (Lipinski definition) is 4. The quantitative estimate of drug-likeness (QED) is 0.814. The summed E-state index contributed by atoms with van der Waals surface area (Å²) in [6.07, 6.45) is 0.465. The maximum atomic E-state index is 11.8. The van der Waals surface area contributed by atoms with E-state index in [0.29, 0.717) is 6.54 Å². The molecule has 120 valence electrons. The lowest BCUT2D eigenvalue weighted by Crippen LogP contribution is -2.44. The molecular weight excluding hydrogens is 308 g/mol. The first kappa shape index (κ1) is 18.3. The molecule has 0 radical (unpaired) electrons. The Morgan fingerprint density at radius 1 is 1.43 bits per heavy atom. The molecule has 0 fully saturated rings. The molecule has 0 aliphatic carbocycles. The van der Waals surface area contributed by atoms with E-state index in [2.05, 4.69) is 17.6 Å². The zero-order valence-corrected chi connectivity index (χ0v) is 14.9. The Labute approximate surface area is 136 Å². The second-order valence-electron chi connectivity index (χ2n) is 6.02. The van der Waals surface area contributed by atoms with E-state index in [4.69, 9.17) is 16.3 Å². The number of nitrogens with one attached hydrogen (secondary N) is 2. The van der Waals surface area contributed by atoms with Gasteiger partial charge < -0.3 is 15.4 Å². The predicted molar refractivity (Wildman–Crippen MR) is 89.2 cm³/mol. The molecule has 0 spiro atoms. The first-order chi connectivity index (χ1) is 9.71. The minimum absolute atomic E-state index is 0.0396. The van der Waals surface area contributed by atoms with Crippen LogP contribution in [0.1, 0.15) is 52.0 Å². The van der Waals surface area contributed by atoms with Gasteiger partial charge in [0.05, 0.1) is 4.34 Å². The molecule has 2 atom stereocenters. The summed E-state index contributed by atoms with van der Waals surface area (Å²) in [6.45, 7) is 10.4. The van der Waals surface area contributed by atoms with Gasteiger partial charge in [0.2, 0.25) is 0 Å². The third kappa shape index (κ3) is 7.16. The van der Waals surface area contributed by atoms with E-state index in [0.717, 1.165) is 10.8 Å². The van der Waals surface area contributed by atoms with Gasteiger partial charge in [-0.3, -0.25) is 0 Å². The highest BCUT2D eigenvalue weighted by atomic mass is 35.5. The first-order valence-electron chi connectivity index (χ1n) is 7.19. The highest BCUT2D eigenvalue weighted by Gasteiger charge is 2.19. The number of carbonyl (C=O) groups excluding carboxylic acids is 1. The topological polar surface area (TPSA) is 50.4 Å². The number of hydrogen-bond donors (Lipinski definition) is 2. The van der Waals surface area contributed by atoms with Crippen molar-refractivity contribution < 1.29 is 9.53 Å². The molecule has 1 aromatic rings. The molecule has 4 nitrogen and oxygen atoms in total. The molecule has 0 saturated heterocycles. The Kier molecular flexibility index (Phi) is 6.97. The lowest BCUT2D eigenvalue weighted by atomic mass is 10.2. The number of alkyl carbamates (subject to hydrolysis) is 1. The fourth-order valence-electron chi connectivity index (χ4n) is 1.75. The van der Waals surface area contributed by atoms with Crippen molar-refractivity contribution in [1.29, 1.82) is 0 Å². The second kappa shape index (κ2) is 8.01. The summed E-state index contributed by atoms with van der Waals surface area (Å²) < 4.78 is 6.06. The average molecular weight is 333 g/mol. The third-order valence-corrected chi connectivity index (χ3v) is 4.32. The minimum Gasteiger partial charge on any atom is -0.444 e. The molecule has 2 unspecified atom stereocenters. The molecule has 2 N–H and O–H groups in total. The van der Waals surface area contributed by atoms with E-state index in [1.807, 2.05) is 39.8 Å². The summed E-state index contributed by atoms with van der Waals surface area (Å²) in [6, 6.07) is 4.16. The van der Waals surface area contributed by atoms with Gasteiger partial charge in [-0.2, -0.15) is 0 Å². The third-order valence-electron chi connectivity index (χ3n) is 2.90. The minimum atomic E-state index is -0.475. The Hall–Kier alpha value is -0.780. The standard InChI is InChI=1S/C15H25ClN2O2S/c1-6-11(18-14(19)20-15(3,4)5)9-17-10(2)12-7-8-13(16)21-12/h7-8,10-11,17H,6,9H2,1-5H3,(H,18,19). The zero-order valence-electron chi connectivity index (χ0n) is 13.3. The molecule has 1 heterocycles. The Bertz CT molecular complexity index is 457. The van der Waals surface area contributed by atoms with Crippen molar-refractivity contribution in [3.05, 3.63) is 21.3 Å². The lowest BCUT2D eigenvalue weighted by molar-refractivity contribution is 0.0502. The molecule has 1 amide bonds. The summed E-state index contributed by atoms with van der Waals surface area (Å²) in [4.78, 5) is 13.0. The van der Waals surface area contributed by atoms with E-state index in [-0.39, 0.29) is 18.2 Å². The van der Waals surface area contributed by atoms with E-state index in [9.17, 15) is 4.79 Å². The van der Waals surface area contributed by atoms with Gasteiger partial charge in [-0.1, -0.05) is 18.5 Å². The molecule has 1 rings (SSSR count). The van der Waals surface area contributed by atoms with Crippen molar-refractivity contribution in [1.82, 2.24) is 10.6 Å². The van der Waals surface area contributed by atoms with E-state index < -0.39 is 5.60 Å². The number of thiophene rings is 1. The second-order valence-corrected chi connectivity index (χ2v) is 7.77. The maximum absolute atomic E-state index is 11.8. The van der Waals surface area contributed by atoms with Gasteiger partial charge in [-0.05, 0) is 46.2 Å². The van der Waals surface area contributed by atoms with Crippen molar-refractivity contribution in [2.75, 3.05) is 6.54 Å². The smallest absolute Gasteiger partial charge is 0.407 e. The number of amides is 1. The Morgan fingerprint density at radius 2 is 2.10 bits per heavy atom. The highest BCUT2D eigenvalue weighted by Crippen LogP contribution is 2.26. The van der Waals surface area contributed by atoms with Gasteiger partial charge in [-0.15, -0.1) is 11.3 Å². The fourth-order valence-corrected chi connectivity index (χ4v) is 2.84. The molecular formula is C15H25ClN2O2S. The number of halogens is 1. The van der Waals surface area contributed by atoms with Gasteiger partial charge in [0, 0.05) is 23.5 Å². The molecule has 0 saturated carbocycles. The largest absolute Gasteiger partial charge is 0.444 e. The molecule has 0 aromatic carbocycles. The molecule has 0 aliphatic heterocycles. The van der Waals surface area contributed by atoms with Crippen LogP contribution in [0.4, 0.5) is 4.79 Å². The van der Waals surface area contributed by atoms with E-state index >= 15 is 0 Å². The van der Waals surface area contributed by atoms with Crippen LogP contribution in [0.3, 0.4) is 0 Å². The van der Waals surface area contributed by atoms with Gasteiger partial charge in [-0.25, -0.2) is 4.79 Å². The zero-order chi connectivity index (χ0) is 16.0. The Morgan fingerprint density at radius 3 is 2.57 bits per heavy atom. The van der Waals surface area contributed by atoms with Crippen molar-refractivity contribution in [2.24, 2.45) is 0 Å².